The quantitative estimate of drug-likeness (QED) is 0.814. The van der Waals surface area contributed by atoms with E-state index in [1.54, 1.807) is 19.1 Å². The first-order chi connectivity index (χ1) is 11.0. The molecule has 0 unspecified atom stereocenters. The molecule has 0 aliphatic carbocycles. The Hall–Kier alpha value is -2.15. The Labute approximate surface area is 139 Å². The van der Waals surface area contributed by atoms with Crippen LogP contribution < -0.4 is 10.6 Å². The van der Waals surface area contributed by atoms with Crippen molar-refractivity contribution < 1.29 is 14.0 Å². The molecule has 124 valence electrons. The molecule has 0 aliphatic heterocycles. The van der Waals surface area contributed by atoms with Crippen molar-refractivity contribution in [3.8, 4) is 0 Å². The molecule has 2 N–H and O–H groups in total. The number of aromatic nitrogens is 1. The van der Waals surface area contributed by atoms with Gasteiger partial charge in [-0.1, -0.05) is 20.3 Å². The third kappa shape index (κ3) is 4.41. The molecular formula is C16H21N3O3S. The summed E-state index contributed by atoms with van der Waals surface area (Å²) in [5.74, 6) is -0.542. The van der Waals surface area contributed by atoms with E-state index in [-0.39, 0.29) is 11.7 Å². The number of aryl methyl sites for hydroxylation is 2. The Bertz CT molecular complexity index is 664. The zero-order chi connectivity index (χ0) is 16.8. The first-order valence-corrected chi connectivity index (χ1v) is 8.50. The molecule has 2 rings (SSSR count). The number of hydrogen-bond acceptors (Lipinski definition) is 5. The number of thiazole rings is 1. The van der Waals surface area contributed by atoms with Gasteiger partial charge in [0.25, 0.3) is 5.91 Å². The molecule has 0 aliphatic rings. The first kappa shape index (κ1) is 17.2. The minimum absolute atomic E-state index is 0.178. The summed E-state index contributed by atoms with van der Waals surface area (Å²) >= 11 is 1.49. The summed E-state index contributed by atoms with van der Waals surface area (Å²) in [4.78, 5) is 29.7. The predicted octanol–water partition coefficient (Wildman–Crippen LogP) is 3.01. The molecule has 2 aromatic heterocycles. The lowest BCUT2D eigenvalue weighted by atomic mass is 10.2. The maximum Gasteiger partial charge on any atom is 0.287 e. The normalized spacial score (nSPS) is 12.0. The van der Waals surface area contributed by atoms with Crippen molar-refractivity contribution in [2.75, 3.05) is 5.32 Å². The van der Waals surface area contributed by atoms with Crippen LogP contribution in [-0.4, -0.2) is 22.8 Å². The molecule has 0 fully saturated rings. The highest BCUT2D eigenvalue weighted by molar-refractivity contribution is 7.15. The van der Waals surface area contributed by atoms with Gasteiger partial charge in [-0.15, -0.1) is 11.3 Å². The van der Waals surface area contributed by atoms with Gasteiger partial charge in [-0.3, -0.25) is 9.59 Å². The van der Waals surface area contributed by atoms with Crippen LogP contribution in [0, 0.1) is 0 Å². The van der Waals surface area contributed by atoms with Gasteiger partial charge in [0.1, 0.15) is 6.04 Å². The van der Waals surface area contributed by atoms with Crippen molar-refractivity contribution in [1.29, 1.82) is 0 Å². The number of nitrogens with zero attached hydrogens (tertiary/aromatic N) is 1. The zero-order valence-electron chi connectivity index (χ0n) is 13.5. The Morgan fingerprint density at radius 2 is 2.17 bits per heavy atom. The number of carbonyl (C=O) groups excluding carboxylic acids is 2. The maximum absolute atomic E-state index is 12.2. The lowest BCUT2D eigenvalue weighted by molar-refractivity contribution is -0.117. The van der Waals surface area contributed by atoms with Crippen LogP contribution in [-0.2, 0) is 17.6 Å². The van der Waals surface area contributed by atoms with Crippen LogP contribution in [0.5, 0.6) is 0 Å². The van der Waals surface area contributed by atoms with E-state index in [1.165, 1.54) is 22.5 Å². The summed E-state index contributed by atoms with van der Waals surface area (Å²) < 4.78 is 5.00. The largest absolute Gasteiger partial charge is 0.459 e. The van der Waals surface area contributed by atoms with Crippen molar-refractivity contribution in [2.45, 2.75) is 46.1 Å². The topological polar surface area (TPSA) is 84.2 Å². The maximum atomic E-state index is 12.2. The molecule has 7 heteroatoms. The van der Waals surface area contributed by atoms with Crippen LogP contribution in [0.3, 0.4) is 0 Å². The van der Waals surface area contributed by atoms with Crippen molar-refractivity contribution in [1.82, 2.24) is 10.3 Å². The molecule has 0 saturated heterocycles. The van der Waals surface area contributed by atoms with Crippen molar-refractivity contribution in [2.24, 2.45) is 0 Å². The molecule has 2 aromatic rings. The molecule has 23 heavy (non-hydrogen) atoms. The zero-order valence-corrected chi connectivity index (χ0v) is 14.3. The number of nitrogens with one attached hydrogen (secondary N) is 2. The lowest BCUT2D eigenvalue weighted by Gasteiger charge is -2.11. The fraction of sp³-hybridized carbons (Fsp3) is 0.438. The summed E-state index contributed by atoms with van der Waals surface area (Å²) in [5, 5.41) is 5.94. The highest BCUT2D eigenvalue weighted by atomic mass is 32.1. The molecule has 0 bridgehead atoms. The minimum atomic E-state index is -0.684. The van der Waals surface area contributed by atoms with Gasteiger partial charge in [0.2, 0.25) is 5.91 Å². The highest BCUT2D eigenvalue weighted by Crippen LogP contribution is 2.24. The van der Waals surface area contributed by atoms with Gasteiger partial charge in [-0.2, -0.15) is 0 Å². The fourth-order valence-electron chi connectivity index (χ4n) is 2.10. The second-order valence-corrected chi connectivity index (χ2v) is 6.24. The fourth-order valence-corrected chi connectivity index (χ4v) is 3.05. The Balaban J connectivity index is 1.96. The van der Waals surface area contributed by atoms with E-state index >= 15 is 0 Å². The van der Waals surface area contributed by atoms with Gasteiger partial charge in [0.15, 0.2) is 10.9 Å². The summed E-state index contributed by atoms with van der Waals surface area (Å²) in [5.41, 5.74) is 1.04. The number of amides is 2. The summed E-state index contributed by atoms with van der Waals surface area (Å²) in [6, 6.07) is 2.48. The second-order valence-electron chi connectivity index (χ2n) is 5.15. The monoisotopic (exact) mass is 335 g/mol. The molecule has 0 aromatic carbocycles. The molecule has 1 atom stereocenters. The van der Waals surface area contributed by atoms with E-state index in [1.807, 2.05) is 0 Å². The SMILES string of the molecule is CCCc1nc(NC(=O)[C@@H](C)NC(=O)c2ccco2)sc1CC. The number of furan rings is 1. The van der Waals surface area contributed by atoms with Gasteiger partial charge in [-0.25, -0.2) is 4.98 Å². The van der Waals surface area contributed by atoms with Gasteiger partial charge in [0, 0.05) is 4.88 Å². The Kier molecular flexibility index (Phi) is 5.92. The smallest absolute Gasteiger partial charge is 0.287 e. The van der Waals surface area contributed by atoms with Crippen molar-refractivity contribution >= 4 is 28.3 Å². The van der Waals surface area contributed by atoms with Crippen molar-refractivity contribution in [3.63, 3.8) is 0 Å². The van der Waals surface area contributed by atoms with Gasteiger partial charge >= 0.3 is 0 Å². The molecule has 0 radical (unpaired) electrons. The van der Waals surface area contributed by atoms with E-state index in [0.717, 1.165) is 25.0 Å². The standard InChI is InChI=1S/C16H21N3O3S/c1-4-7-11-13(5-2)23-16(18-11)19-14(20)10(3)17-15(21)12-8-6-9-22-12/h6,8-10H,4-5,7H2,1-3H3,(H,17,21)(H,18,19,20)/t10-/m1/s1. The molecule has 2 heterocycles. The van der Waals surface area contributed by atoms with Gasteiger partial charge in [-0.05, 0) is 31.9 Å². The van der Waals surface area contributed by atoms with E-state index in [9.17, 15) is 9.59 Å². The average Bonchev–Trinajstić information content (AvgIpc) is 3.17. The van der Waals surface area contributed by atoms with E-state index in [0.29, 0.717) is 5.13 Å². The van der Waals surface area contributed by atoms with Crippen LogP contribution in [0.2, 0.25) is 0 Å². The van der Waals surface area contributed by atoms with E-state index in [2.05, 4.69) is 29.5 Å². The van der Waals surface area contributed by atoms with Crippen LogP contribution in [0.1, 0.15) is 48.3 Å². The lowest BCUT2D eigenvalue weighted by Crippen LogP contribution is -2.41. The number of carbonyl (C=O) groups is 2. The van der Waals surface area contributed by atoms with Gasteiger partial charge in [0.05, 0.1) is 12.0 Å². The van der Waals surface area contributed by atoms with Crippen LogP contribution in [0.4, 0.5) is 5.13 Å². The Morgan fingerprint density at radius 1 is 1.39 bits per heavy atom. The average molecular weight is 335 g/mol. The molecule has 2 amide bonds. The molecule has 6 nitrogen and oxygen atoms in total. The van der Waals surface area contributed by atoms with Crippen LogP contribution in [0.25, 0.3) is 0 Å². The Morgan fingerprint density at radius 3 is 2.78 bits per heavy atom. The highest BCUT2D eigenvalue weighted by Gasteiger charge is 2.20. The number of anilines is 1. The first-order valence-electron chi connectivity index (χ1n) is 7.68. The van der Waals surface area contributed by atoms with Crippen LogP contribution in [0.15, 0.2) is 22.8 Å². The molecule has 0 spiro atoms. The van der Waals surface area contributed by atoms with E-state index in [4.69, 9.17) is 4.42 Å². The van der Waals surface area contributed by atoms with E-state index < -0.39 is 11.9 Å². The summed E-state index contributed by atoms with van der Waals surface area (Å²) in [6.07, 6.45) is 4.23. The molecular weight excluding hydrogens is 314 g/mol. The molecule has 0 saturated carbocycles. The van der Waals surface area contributed by atoms with Crippen LogP contribution >= 0.6 is 11.3 Å². The third-order valence-corrected chi connectivity index (χ3v) is 4.46. The predicted molar refractivity (Wildman–Crippen MR) is 89.8 cm³/mol. The number of hydrogen-bond donors (Lipinski definition) is 2. The second kappa shape index (κ2) is 7.92. The number of rotatable bonds is 7. The van der Waals surface area contributed by atoms with Crippen molar-refractivity contribution in [3.05, 3.63) is 34.7 Å². The van der Waals surface area contributed by atoms with Gasteiger partial charge < -0.3 is 15.1 Å². The summed E-state index contributed by atoms with van der Waals surface area (Å²) in [6.45, 7) is 5.80. The minimum Gasteiger partial charge on any atom is -0.459 e. The summed E-state index contributed by atoms with van der Waals surface area (Å²) in [7, 11) is 0. The third-order valence-electron chi connectivity index (χ3n) is 3.30.